The quantitative estimate of drug-likeness (QED) is 0.190. The molecule has 0 aliphatic carbocycles. The lowest BCUT2D eigenvalue weighted by Gasteiger charge is -2.31. The summed E-state index contributed by atoms with van der Waals surface area (Å²) in [5, 5.41) is 1.33. The van der Waals surface area contributed by atoms with E-state index in [2.05, 4.69) is 24.0 Å². The Balaban J connectivity index is 1.46. The number of anilines is 1. The van der Waals surface area contributed by atoms with Crippen molar-refractivity contribution in [3.63, 3.8) is 0 Å². The molecule has 2 heterocycles. The minimum Gasteiger partial charge on any atom is -0.348 e. The Kier molecular flexibility index (Phi) is 6.95. The maximum atomic E-state index is 14.1. The number of nitrogens with zero attached hydrogens (tertiary/aromatic N) is 2. The first-order valence-corrected chi connectivity index (χ1v) is 13.1. The lowest BCUT2D eigenvalue weighted by Crippen LogP contribution is -2.40. The molecule has 0 radical (unpaired) electrons. The van der Waals surface area contributed by atoms with Gasteiger partial charge in [0, 0.05) is 24.9 Å². The fourth-order valence-electron chi connectivity index (χ4n) is 3.98. The predicted molar refractivity (Wildman–Crippen MR) is 119 cm³/mol. The zero-order chi connectivity index (χ0) is 24.6. The molecule has 0 bridgehead atoms. The minimum atomic E-state index is -4.77. The van der Waals surface area contributed by atoms with Gasteiger partial charge in [-0.25, -0.2) is 35.4 Å². The summed E-state index contributed by atoms with van der Waals surface area (Å²) in [6, 6.07) is 8.23. The van der Waals surface area contributed by atoms with Crippen molar-refractivity contribution >= 4 is 26.3 Å². The SMILES string of the molecule is CCc1ccc(Cc2csc(N3CCC(S(=O)(=O)c4c(F)c(F)c(F)c(F)c4F)CC3)n2)cc1. The lowest BCUT2D eigenvalue weighted by molar-refractivity contribution is 0.356. The number of piperidine rings is 1. The Morgan fingerprint density at radius 1 is 0.912 bits per heavy atom. The first-order chi connectivity index (χ1) is 16.1. The molecule has 1 aromatic heterocycles. The predicted octanol–water partition coefficient (Wildman–Crippen LogP) is 5.43. The third-order valence-corrected chi connectivity index (χ3v) is 9.19. The van der Waals surface area contributed by atoms with Crippen LogP contribution < -0.4 is 4.90 Å². The summed E-state index contributed by atoms with van der Waals surface area (Å²) in [4.78, 5) is 4.72. The fourth-order valence-corrected chi connectivity index (χ4v) is 6.71. The van der Waals surface area contributed by atoms with Gasteiger partial charge in [0.05, 0.1) is 10.9 Å². The van der Waals surface area contributed by atoms with Crippen molar-refractivity contribution in [3.05, 3.63) is 75.6 Å². The number of hydrogen-bond acceptors (Lipinski definition) is 5. The standard InChI is InChI=1S/C23H21F5N2O2S2/c1-2-13-3-5-14(6-4-13)11-15-12-33-23(29-15)30-9-7-16(8-10-30)34(31,32)22-20(27)18(25)17(24)19(26)21(22)28/h3-6,12,16H,2,7-11H2,1H3. The zero-order valence-electron chi connectivity index (χ0n) is 18.1. The molecule has 1 aliphatic rings. The highest BCUT2D eigenvalue weighted by Gasteiger charge is 2.39. The maximum absolute atomic E-state index is 14.1. The van der Waals surface area contributed by atoms with E-state index < -0.39 is 49.1 Å². The number of aryl methyl sites for hydroxylation is 1. The number of thiazole rings is 1. The molecule has 1 fully saturated rings. The molecule has 2 aromatic carbocycles. The summed E-state index contributed by atoms with van der Waals surface area (Å²) in [5.41, 5.74) is 3.22. The second-order valence-electron chi connectivity index (χ2n) is 8.10. The summed E-state index contributed by atoms with van der Waals surface area (Å²) >= 11 is 1.40. The van der Waals surface area contributed by atoms with Crippen LogP contribution in [0.25, 0.3) is 0 Å². The van der Waals surface area contributed by atoms with Crippen molar-refractivity contribution in [3.8, 4) is 0 Å². The fraction of sp³-hybridized carbons (Fsp3) is 0.348. The smallest absolute Gasteiger partial charge is 0.200 e. The third-order valence-electron chi connectivity index (χ3n) is 5.96. The average Bonchev–Trinajstić information content (AvgIpc) is 3.30. The molecule has 0 saturated carbocycles. The first kappa shape index (κ1) is 24.6. The Hall–Kier alpha value is -2.53. The Labute approximate surface area is 198 Å². The van der Waals surface area contributed by atoms with Gasteiger partial charge in [0.15, 0.2) is 38.2 Å². The monoisotopic (exact) mass is 516 g/mol. The van der Waals surface area contributed by atoms with Crippen LogP contribution in [0.15, 0.2) is 34.5 Å². The largest absolute Gasteiger partial charge is 0.348 e. The van der Waals surface area contributed by atoms with E-state index >= 15 is 0 Å². The van der Waals surface area contributed by atoms with Crippen LogP contribution in [-0.2, 0) is 22.7 Å². The molecule has 4 nitrogen and oxygen atoms in total. The van der Waals surface area contributed by atoms with Gasteiger partial charge in [0.25, 0.3) is 0 Å². The van der Waals surface area contributed by atoms with Gasteiger partial charge in [-0.3, -0.25) is 0 Å². The van der Waals surface area contributed by atoms with Crippen LogP contribution in [0.1, 0.15) is 36.6 Å². The van der Waals surface area contributed by atoms with E-state index in [1.807, 2.05) is 22.4 Å². The van der Waals surface area contributed by atoms with E-state index in [-0.39, 0.29) is 25.9 Å². The van der Waals surface area contributed by atoms with Crippen molar-refractivity contribution in [1.29, 1.82) is 0 Å². The number of sulfone groups is 1. The van der Waals surface area contributed by atoms with Crippen LogP contribution in [0.4, 0.5) is 27.1 Å². The van der Waals surface area contributed by atoms with Gasteiger partial charge in [0.1, 0.15) is 4.90 Å². The van der Waals surface area contributed by atoms with Gasteiger partial charge in [-0.15, -0.1) is 11.3 Å². The molecular formula is C23H21F5N2O2S2. The first-order valence-electron chi connectivity index (χ1n) is 10.7. The zero-order valence-corrected chi connectivity index (χ0v) is 19.8. The van der Waals surface area contributed by atoms with Crippen LogP contribution in [-0.4, -0.2) is 31.7 Å². The summed E-state index contributed by atoms with van der Waals surface area (Å²) in [7, 11) is -4.77. The highest BCUT2D eigenvalue weighted by atomic mass is 32.2. The summed E-state index contributed by atoms with van der Waals surface area (Å²) in [6.07, 6.45) is 1.53. The number of aromatic nitrogens is 1. The normalized spacial score (nSPS) is 15.2. The highest BCUT2D eigenvalue weighted by molar-refractivity contribution is 7.92. The second-order valence-corrected chi connectivity index (χ2v) is 11.1. The van der Waals surface area contributed by atoms with Gasteiger partial charge in [-0.2, -0.15) is 0 Å². The second kappa shape index (κ2) is 9.61. The Morgan fingerprint density at radius 3 is 2.00 bits per heavy atom. The Morgan fingerprint density at radius 2 is 1.44 bits per heavy atom. The van der Waals surface area contributed by atoms with Crippen LogP contribution >= 0.6 is 11.3 Å². The molecule has 1 saturated heterocycles. The average molecular weight is 517 g/mol. The van der Waals surface area contributed by atoms with E-state index in [1.54, 1.807) is 0 Å². The molecule has 0 spiro atoms. The van der Waals surface area contributed by atoms with Crippen LogP contribution in [0, 0.1) is 29.1 Å². The van der Waals surface area contributed by atoms with E-state index in [9.17, 15) is 30.4 Å². The van der Waals surface area contributed by atoms with Crippen molar-refractivity contribution in [2.75, 3.05) is 18.0 Å². The molecule has 0 N–H and O–H groups in total. The molecular weight excluding hydrogens is 495 g/mol. The van der Waals surface area contributed by atoms with Crippen molar-refractivity contribution in [2.45, 2.75) is 42.8 Å². The van der Waals surface area contributed by atoms with Crippen molar-refractivity contribution < 1.29 is 30.4 Å². The molecule has 11 heteroatoms. The minimum absolute atomic E-state index is 0.0325. The van der Waals surface area contributed by atoms with E-state index in [4.69, 9.17) is 0 Å². The van der Waals surface area contributed by atoms with Crippen molar-refractivity contribution in [1.82, 2.24) is 4.98 Å². The lowest BCUT2D eigenvalue weighted by atomic mass is 10.1. The maximum Gasteiger partial charge on any atom is 0.200 e. The molecule has 182 valence electrons. The van der Waals surface area contributed by atoms with E-state index in [1.165, 1.54) is 16.9 Å². The van der Waals surface area contributed by atoms with Gasteiger partial charge >= 0.3 is 0 Å². The molecule has 0 atom stereocenters. The van der Waals surface area contributed by atoms with Crippen molar-refractivity contribution in [2.24, 2.45) is 0 Å². The molecule has 34 heavy (non-hydrogen) atoms. The third kappa shape index (κ3) is 4.55. The topological polar surface area (TPSA) is 50.3 Å². The molecule has 4 rings (SSSR count). The van der Waals surface area contributed by atoms with E-state index in [0.717, 1.165) is 17.7 Å². The highest BCUT2D eigenvalue weighted by Crippen LogP contribution is 2.34. The van der Waals surface area contributed by atoms with Crippen LogP contribution in [0.2, 0.25) is 0 Å². The van der Waals surface area contributed by atoms with Crippen LogP contribution in [0.3, 0.4) is 0 Å². The summed E-state index contributed by atoms with van der Waals surface area (Å²) in [6.45, 7) is 2.52. The van der Waals surface area contributed by atoms with Gasteiger partial charge in [0.2, 0.25) is 5.82 Å². The molecule has 1 aliphatic heterocycles. The number of benzene rings is 2. The molecule has 0 unspecified atom stereocenters. The van der Waals surface area contributed by atoms with Gasteiger partial charge in [-0.1, -0.05) is 31.2 Å². The van der Waals surface area contributed by atoms with E-state index in [0.29, 0.717) is 11.6 Å². The van der Waals surface area contributed by atoms with Crippen LogP contribution in [0.5, 0.6) is 0 Å². The van der Waals surface area contributed by atoms with Gasteiger partial charge < -0.3 is 4.90 Å². The molecule has 3 aromatic rings. The Bertz CT molecular complexity index is 1270. The summed E-state index contributed by atoms with van der Waals surface area (Å²) < 4.78 is 94.1. The number of hydrogen-bond donors (Lipinski definition) is 0. The van der Waals surface area contributed by atoms with Gasteiger partial charge in [-0.05, 0) is 30.4 Å². The number of rotatable bonds is 6. The summed E-state index contributed by atoms with van der Waals surface area (Å²) in [5.74, 6) is -11.6. The number of halogens is 5. The molecule has 0 amide bonds.